The van der Waals surface area contributed by atoms with Crippen LogP contribution in [0, 0.1) is 0 Å². The molecular weight excluding hydrogens is 340 g/mol. The lowest BCUT2D eigenvalue weighted by molar-refractivity contribution is 0.271. The van der Waals surface area contributed by atoms with Crippen molar-refractivity contribution in [2.75, 3.05) is 14.2 Å². The van der Waals surface area contributed by atoms with E-state index in [4.69, 9.17) is 8.85 Å². The van der Waals surface area contributed by atoms with Gasteiger partial charge in [0.2, 0.25) is 7.59 Å². The van der Waals surface area contributed by atoms with Gasteiger partial charge in [0, 0.05) is 14.2 Å². The summed E-state index contributed by atoms with van der Waals surface area (Å²) in [6, 6.07) is 32.3. The van der Waals surface area contributed by atoms with E-state index in [9.17, 15) is 0 Å². The van der Waals surface area contributed by atoms with E-state index in [1.165, 1.54) is 15.6 Å². The molecule has 128 valence electrons. The summed E-state index contributed by atoms with van der Waals surface area (Å²) in [5.41, 5.74) is 0. The Kier molecular flexibility index (Phi) is 5.34. The molecule has 3 aromatic rings. The summed E-state index contributed by atoms with van der Waals surface area (Å²) >= 11 is 0. The molecule has 3 rings (SSSR count). The fourth-order valence-corrected chi connectivity index (χ4v) is 17.2. The lowest BCUT2D eigenvalue weighted by Crippen LogP contribution is -2.83. The Hall–Kier alpha value is -1.99. The third-order valence-corrected chi connectivity index (χ3v) is 19.5. The van der Waals surface area contributed by atoms with Crippen LogP contribution in [0.1, 0.15) is 0 Å². The van der Waals surface area contributed by atoms with Crippen LogP contribution in [0.4, 0.5) is 0 Å². The van der Waals surface area contributed by atoms with Crippen LogP contribution in [0.2, 0.25) is 6.55 Å². The van der Waals surface area contributed by atoms with Gasteiger partial charge in [-0.1, -0.05) is 91.0 Å². The predicted molar refractivity (Wildman–Crippen MR) is 110 cm³/mol. The van der Waals surface area contributed by atoms with Crippen LogP contribution >= 0.6 is 0 Å². The monoisotopic (exact) mass is 364 g/mol. The summed E-state index contributed by atoms with van der Waals surface area (Å²) in [7, 11) is -1.45. The van der Waals surface area contributed by atoms with Crippen molar-refractivity contribution < 1.29 is 8.85 Å². The molecule has 0 saturated heterocycles. The molecule has 0 fully saturated rings. The highest BCUT2D eigenvalue weighted by Gasteiger charge is 2.59. The molecule has 0 N–H and O–H groups in total. The molecule has 0 atom stereocenters. The van der Waals surface area contributed by atoms with Crippen molar-refractivity contribution in [3.05, 3.63) is 91.0 Å². The molecule has 0 spiro atoms. The highest BCUT2D eigenvalue weighted by Crippen LogP contribution is 2.22. The Bertz CT molecular complexity index is 691. The first-order chi connectivity index (χ1) is 12.2. The molecule has 0 aliphatic rings. The first-order valence-electron chi connectivity index (χ1n) is 8.46. The third kappa shape index (κ3) is 2.91. The fourth-order valence-electron chi connectivity index (χ4n) is 3.74. The smallest absolute Gasteiger partial charge is 0.329 e. The van der Waals surface area contributed by atoms with Gasteiger partial charge < -0.3 is 8.85 Å². The van der Waals surface area contributed by atoms with Crippen LogP contribution in [-0.2, 0) is 8.85 Å². The zero-order chi connectivity index (χ0) is 17.8. The molecule has 0 aliphatic heterocycles. The van der Waals surface area contributed by atoms with Gasteiger partial charge in [-0.15, -0.1) is 0 Å². The largest absolute Gasteiger partial charge is 0.399 e. The van der Waals surface area contributed by atoms with Gasteiger partial charge in [0.05, 0.1) is 0 Å². The minimum Gasteiger partial charge on any atom is -0.399 e. The number of hydrogen-bond acceptors (Lipinski definition) is 2. The second kappa shape index (κ2) is 7.49. The van der Waals surface area contributed by atoms with Gasteiger partial charge in [0.15, 0.2) is 0 Å². The summed E-state index contributed by atoms with van der Waals surface area (Å²) in [5, 5.41) is 3.97. The van der Waals surface area contributed by atoms with E-state index in [0.29, 0.717) is 0 Å². The summed E-state index contributed by atoms with van der Waals surface area (Å²) in [5.74, 6) is 0. The molecule has 0 saturated carbocycles. The zero-order valence-corrected chi connectivity index (χ0v) is 17.0. The lowest BCUT2D eigenvalue weighted by Gasteiger charge is -2.43. The molecule has 3 aromatic carbocycles. The van der Waals surface area contributed by atoms with Crippen molar-refractivity contribution in [3.8, 4) is 0 Å². The SMILES string of the molecule is CO[Si](C)(OC)[Si](c1ccccc1)(c1ccccc1)c1ccccc1. The van der Waals surface area contributed by atoms with Gasteiger partial charge in [0.1, 0.15) is 0 Å². The molecule has 0 radical (unpaired) electrons. The van der Waals surface area contributed by atoms with E-state index in [1.54, 1.807) is 14.2 Å². The van der Waals surface area contributed by atoms with Gasteiger partial charge >= 0.3 is 8.08 Å². The quantitative estimate of drug-likeness (QED) is 0.494. The number of benzene rings is 3. The first-order valence-corrected chi connectivity index (χ1v) is 13.8. The van der Waals surface area contributed by atoms with Gasteiger partial charge in [-0.05, 0) is 22.1 Å². The van der Waals surface area contributed by atoms with E-state index >= 15 is 0 Å². The molecule has 4 heteroatoms. The normalized spacial score (nSPS) is 12.1. The Morgan fingerprint density at radius 3 is 1.04 bits per heavy atom. The van der Waals surface area contributed by atoms with E-state index in [1.807, 2.05) is 0 Å². The maximum atomic E-state index is 6.19. The topological polar surface area (TPSA) is 18.5 Å². The van der Waals surface area contributed by atoms with Crippen molar-refractivity contribution in [1.29, 1.82) is 0 Å². The predicted octanol–water partition coefficient (Wildman–Crippen LogP) is 2.60. The molecular formula is C21H24O2Si2. The van der Waals surface area contributed by atoms with E-state index in [2.05, 4.69) is 97.5 Å². The third-order valence-electron chi connectivity index (χ3n) is 5.08. The Balaban J connectivity index is 2.45. The Morgan fingerprint density at radius 2 is 0.800 bits per heavy atom. The second-order valence-electron chi connectivity index (χ2n) is 6.20. The molecule has 0 aromatic heterocycles. The molecule has 0 bridgehead atoms. The van der Waals surface area contributed by atoms with Crippen molar-refractivity contribution in [2.45, 2.75) is 6.55 Å². The molecule has 25 heavy (non-hydrogen) atoms. The zero-order valence-electron chi connectivity index (χ0n) is 15.0. The van der Waals surface area contributed by atoms with Crippen molar-refractivity contribution in [3.63, 3.8) is 0 Å². The standard InChI is InChI=1S/C21H24O2Si2/c1-22-24(3,23-2)25(19-13-7-4-8-14-19,20-15-9-5-10-16-20)21-17-11-6-12-18-21/h4-18H,1-3H3. The number of rotatable bonds is 6. The van der Waals surface area contributed by atoms with Crippen LogP contribution in [-0.4, -0.2) is 29.9 Å². The summed E-state index contributed by atoms with van der Waals surface area (Å²) in [4.78, 5) is 0. The van der Waals surface area contributed by atoms with Crippen LogP contribution in [0.25, 0.3) is 0 Å². The van der Waals surface area contributed by atoms with Crippen molar-refractivity contribution in [1.82, 2.24) is 0 Å². The Morgan fingerprint density at radius 1 is 0.520 bits per heavy atom. The van der Waals surface area contributed by atoms with E-state index < -0.39 is 15.7 Å². The van der Waals surface area contributed by atoms with Gasteiger partial charge in [0.25, 0.3) is 0 Å². The van der Waals surface area contributed by atoms with Crippen LogP contribution in [0.3, 0.4) is 0 Å². The summed E-state index contributed by atoms with van der Waals surface area (Å²) in [6.07, 6.45) is 0. The van der Waals surface area contributed by atoms with E-state index in [-0.39, 0.29) is 0 Å². The van der Waals surface area contributed by atoms with Crippen molar-refractivity contribution >= 4 is 31.2 Å². The van der Waals surface area contributed by atoms with Crippen molar-refractivity contribution in [2.24, 2.45) is 0 Å². The van der Waals surface area contributed by atoms with Crippen LogP contribution in [0.15, 0.2) is 91.0 Å². The lowest BCUT2D eigenvalue weighted by atomic mass is 10.3. The first kappa shape index (κ1) is 17.8. The molecule has 0 amide bonds. The average Bonchev–Trinajstić information content (AvgIpc) is 2.71. The minimum absolute atomic E-state index is 1.32. The highest BCUT2D eigenvalue weighted by molar-refractivity contribution is 7.52. The molecule has 0 heterocycles. The maximum absolute atomic E-state index is 6.19. The molecule has 2 nitrogen and oxygen atoms in total. The maximum Gasteiger partial charge on any atom is 0.329 e. The Labute approximate surface area is 152 Å². The highest BCUT2D eigenvalue weighted by atomic mass is 29.3. The molecule has 0 aliphatic carbocycles. The summed E-state index contributed by atoms with van der Waals surface area (Å²) in [6.45, 7) is 2.20. The van der Waals surface area contributed by atoms with E-state index in [0.717, 1.165) is 0 Å². The number of hydrogen-bond donors (Lipinski definition) is 0. The molecule has 0 unspecified atom stereocenters. The fraction of sp³-hybridized carbons (Fsp3) is 0.143. The van der Waals surface area contributed by atoms with Gasteiger partial charge in [-0.3, -0.25) is 0 Å². The second-order valence-corrected chi connectivity index (χ2v) is 17.1. The summed E-state index contributed by atoms with van der Waals surface area (Å²) < 4.78 is 12.4. The van der Waals surface area contributed by atoms with Gasteiger partial charge in [-0.2, -0.15) is 0 Å². The average molecular weight is 365 g/mol. The van der Waals surface area contributed by atoms with Crippen LogP contribution < -0.4 is 15.6 Å². The van der Waals surface area contributed by atoms with Gasteiger partial charge in [-0.25, -0.2) is 0 Å². The van der Waals surface area contributed by atoms with Crippen LogP contribution in [0.5, 0.6) is 0 Å². The minimum atomic E-state index is -2.56.